The Morgan fingerprint density at radius 2 is 1.54 bits per heavy atom. The molecule has 59 heavy (non-hydrogen) atoms. The van der Waals surface area contributed by atoms with Gasteiger partial charge in [0.1, 0.15) is 10.8 Å². The number of aromatic nitrogens is 2. The summed E-state index contributed by atoms with van der Waals surface area (Å²) < 4.78 is 38.4. The molecule has 0 radical (unpaired) electrons. The maximum Gasteiger partial charge on any atom is 0.285 e. The van der Waals surface area contributed by atoms with Crippen LogP contribution in [0.15, 0.2) is 70.0 Å². The predicted octanol–water partition coefficient (Wildman–Crippen LogP) is 10.3. The summed E-state index contributed by atoms with van der Waals surface area (Å²) in [6.07, 6.45) is 2.59. The zero-order valence-corrected chi connectivity index (χ0v) is 38.8. The molecule has 4 aromatic rings. The Bertz CT molecular complexity index is 2340. The van der Waals surface area contributed by atoms with Gasteiger partial charge in [0.2, 0.25) is 10.7 Å². The highest BCUT2D eigenvalue weighted by atomic mass is 35.5. The number of anilines is 2. The highest BCUT2D eigenvalue weighted by Crippen LogP contribution is 2.39. The first-order chi connectivity index (χ1) is 27.4. The van der Waals surface area contributed by atoms with Gasteiger partial charge in [0.15, 0.2) is 11.8 Å². The van der Waals surface area contributed by atoms with E-state index < -0.39 is 33.2 Å². The van der Waals surface area contributed by atoms with E-state index >= 15 is 0 Å². The molecule has 14 heteroatoms. The minimum atomic E-state index is -4.25. The lowest BCUT2D eigenvalue weighted by Crippen LogP contribution is -2.42. The Kier molecular flexibility index (Phi) is 15.2. The van der Waals surface area contributed by atoms with Crippen molar-refractivity contribution in [2.75, 3.05) is 17.2 Å². The molecule has 11 nitrogen and oxygen atoms in total. The van der Waals surface area contributed by atoms with Crippen molar-refractivity contribution in [2.24, 2.45) is 9.81 Å². The van der Waals surface area contributed by atoms with Gasteiger partial charge >= 0.3 is 0 Å². The topological polar surface area (TPSA) is 149 Å². The van der Waals surface area contributed by atoms with Crippen LogP contribution in [-0.2, 0) is 35.2 Å². The highest BCUT2D eigenvalue weighted by Gasteiger charge is 2.39. The molecule has 1 heterocycles. The number of nitrogens with one attached hydrogen (secondary N) is 2. The van der Waals surface area contributed by atoms with E-state index in [1.54, 1.807) is 39.0 Å². The maximum absolute atomic E-state index is 14.2. The number of halogens is 1. The first-order valence-electron chi connectivity index (χ1n) is 20.1. The fourth-order valence-electron chi connectivity index (χ4n) is 5.93. The van der Waals surface area contributed by atoms with Crippen LogP contribution in [0.3, 0.4) is 0 Å². The molecule has 0 aliphatic rings. The number of sulfonamides is 1. The summed E-state index contributed by atoms with van der Waals surface area (Å²) >= 11 is 7.54. The van der Waals surface area contributed by atoms with Crippen LogP contribution in [0.25, 0.3) is 0 Å². The number of rotatable bonds is 17. The molecule has 1 unspecified atom stereocenters. The van der Waals surface area contributed by atoms with Gasteiger partial charge in [-0.05, 0) is 79.0 Å². The van der Waals surface area contributed by atoms with E-state index in [-0.39, 0.29) is 49.5 Å². The lowest BCUT2D eigenvalue weighted by Gasteiger charge is -2.30. The zero-order chi connectivity index (χ0) is 44.1. The van der Waals surface area contributed by atoms with E-state index in [1.165, 1.54) is 29.8 Å². The molecular weight excluding hydrogens is 806 g/mol. The molecule has 0 bridgehead atoms. The Hall–Kier alpha value is -4.33. The average molecular weight is 867 g/mol. The summed E-state index contributed by atoms with van der Waals surface area (Å²) in [6, 6.07) is 15.7. The maximum atomic E-state index is 14.2. The Balaban J connectivity index is 1.55. The third-order valence-corrected chi connectivity index (χ3v) is 13.6. The zero-order valence-electron chi connectivity index (χ0n) is 36.4. The lowest BCUT2D eigenvalue weighted by atomic mass is 9.76. The van der Waals surface area contributed by atoms with E-state index in [4.69, 9.17) is 16.3 Å². The summed E-state index contributed by atoms with van der Waals surface area (Å²) in [5.41, 5.74) is 2.70. The Labute approximate surface area is 359 Å². The van der Waals surface area contributed by atoms with Gasteiger partial charge in [-0.25, -0.2) is 4.68 Å². The van der Waals surface area contributed by atoms with Crippen LogP contribution in [0, 0.1) is 12.3 Å². The van der Waals surface area contributed by atoms with Crippen LogP contribution in [0.4, 0.5) is 11.4 Å². The summed E-state index contributed by atoms with van der Waals surface area (Å²) in [4.78, 5) is 41.2. The van der Waals surface area contributed by atoms with Crippen molar-refractivity contribution < 1.29 is 27.5 Å². The van der Waals surface area contributed by atoms with Gasteiger partial charge in [-0.1, -0.05) is 129 Å². The van der Waals surface area contributed by atoms with E-state index in [0.717, 1.165) is 45.7 Å². The van der Waals surface area contributed by atoms with Crippen LogP contribution in [0.5, 0.6) is 5.75 Å². The number of ketones is 1. The number of ether oxygens (including phenoxy) is 1. The first kappa shape index (κ1) is 47.3. The molecule has 0 spiro atoms. The monoisotopic (exact) mass is 865 g/mol. The fraction of sp³-hybridized carbons (Fsp3) is 0.489. The normalized spacial score (nSPS) is 13.4. The van der Waals surface area contributed by atoms with E-state index in [1.807, 2.05) is 26.8 Å². The van der Waals surface area contributed by atoms with Crippen LogP contribution < -0.4 is 20.2 Å². The van der Waals surface area contributed by atoms with Gasteiger partial charge in [0, 0.05) is 29.0 Å². The molecule has 320 valence electrons. The fourth-order valence-corrected chi connectivity index (χ4v) is 8.20. The van der Waals surface area contributed by atoms with Gasteiger partial charge in [0.05, 0.1) is 22.2 Å². The van der Waals surface area contributed by atoms with Crippen molar-refractivity contribution in [1.29, 1.82) is 0 Å². The molecule has 0 aliphatic carbocycles. The van der Waals surface area contributed by atoms with Gasteiger partial charge in [-0.3, -0.25) is 14.4 Å². The van der Waals surface area contributed by atoms with E-state index in [2.05, 4.69) is 73.8 Å². The lowest BCUT2D eigenvalue weighted by molar-refractivity contribution is -0.136. The molecule has 3 aromatic carbocycles. The third kappa shape index (κ3) is 11.9. The third-order valence-electron chi connectivity index (χ3n) is 10.7. The largest absolute Gasteiger partial charge is 0.493 e. The summed E-state index contributed by atoms with van der Waals surface area (Å²) in [7, 11) is -4.25. The summed E-state index contributed by atoms with van der Waals surface area (Å²) in [5.74, 6) is -0.942. The number of carbonyl (C=O) groups is 3. The van der Waals surface area contributed by atoms with Crippen molar-refractivity contribution in [3.8, 4) is 5.75 Å². The van der Waals surface area contributed by atoms with Crippen molar-refractivity contribution in [3.63, 3.8) is 0 Å². The molecule has 0 aliphatic heterocycles. The quantitative estimate of drug-likeness (QED) is 0.0793. The molecule has 1 aromatic heterocycles. The van der Waals surface area contributed by atoms with Crippen molar-refractivity contribution in [2.45, 2.75) is 136 Å². The standard InChI is InChI=1S/C45H60ClN5O6S2/c1-13-44(9,10)30-19-24-36(33(26-30)45(11,12)14-2)57-25-15-16-37(52)47-31-20-23-34(46)35(27-31)48-40(54)38(39(53)43(6,7)8)51-42(58-41(49-51)28(3)4)50-59(55,56)32-21-17-29(5)18-22-32/h17-24,26-28,38H,13-16,25H2,1-12H3,(H,47,52)(H,48,54)/b50-42-. The second-order valence-electron chi connectivity index (χ2n) is 17.6. The number of nitrogens with zero attached hydrogens (tertiary/aromatic N) is 3. The SMILES string of the molecule is CCC(C)(C)c1ccc(OCCCC(=O)Nc2ccc(Cl)c(NC(=O)C(C(=O)C(C)(C)C)n3nc(C(C)C)s/c3=N\S(=O)(=O)c3ccc(C)cc3)c2)c(C(C)(C)CC)c1. The molecule has 0 saturated carbocycles. The number of aryl methyl sites for hydroxylation is 1. The first-order valence-corrected chi connectivity index (χ1v) is 22.7. The predicted molar refractivity (Wildman–Crippen MR) is 238 cm³/mol. The van der Waals surface area contributed by atoms with E-state index in [0.29, 0.717) is 23.7 Å². The van der Waals surface area contributed by atoms with E-state index in [9.17, 15) is 22.8 Å². The molecule has 0 fully saturated rings. The second-order valence-corrected chi connectivity index (χ2v) is 20.6. The molecule has 0 saturated heterocycles. The number of amides is 2. The molecule has 2 amide bonds. The minimum Gasteiger partial charge on any atom is -0.493 e. The van der Waals surface area contributed by atoms with Crippen LogP contribution in [-0.4, -0.2) is 42.4 Å². The Morgan fingerprint density at radius 1 is 0.898 bits per heavy atom. The van der Waals surface area contributed by atoms with Crippen molar-refractivity contribution in [3.05, 3.63) is 92.2 Å². The highest BCUT2D eigenvalue weighted by molar-refractivity contribution is 7.90. The van der Waals surface area contributed by atoms with Gasteiger partial charge in [-0.2, -0.15) is 13.5 Å². The number of benzene rings is 3. The van der Waals surface area contributed by atoms with Gasteiger partial charge < -0.3 is 15.4 Å². The number of carbonyl (C=O) groups excluding carboxylic acids is 3. The summed E-state index contributed by atoms with van der Waals surface area (Å²) in [6.45, 7) is 24.2. The average Bonchev–Trinajstić information content (AvgIpc) is 3.57. The number of hydrogen-bond donors (Lipinski definition) is 2. The van der Waals surface area contributed by atoms with Crippen LogP contribution in [0.1, 0.15) is 136 Å². The minimum absolute atomic E-state index is 0.0377. The molecule has 4 rings (SSSR count). The van der Waals surface area contributed by atoms with Gasteiger partial charge in [-0.15, -0.1) is 4.40 Å². The molecule has 2 N–H and O–H groups in total. The van der Waals surface area contributed by atoms with Gasteiger partial charge in [0.25, 0.3) is 15.9 Å². The molecular formula is C45H60ClN5O6S2. The van der Waals surface area contributed by atoms with Crippen LogP contribution >= 0.6 is 22.9 Å². The number of Topliss-reactive ketones (excluding diaryl/α,β-unsaturated/α-hetero) is 1. The van der Waals surface area contributed by atoms with Crippen LogP contribution in [0.2, 0.25) is 5.02 Å². The van der Waals surface area contributed by atoms with Crippen molar-refractivity contribution >= 4 is 61.9 Å². The number of hydrogen-bond acceptors (Lipinski definition) is 8. The van der Waals surface area contributed by atoms with Crippen molar-refractivity contribution in [1.82, 2.24) is 9.78 Å². The summed E-state index contributed by atoms with van der Waals surface area (Å²) in [5, 5.41) is 10.8. The Morgan fingerprint density at radius 3 is 2.14 bits per heavy atom. The molecule has 1 atom stereocenters. The second kappa shape index (κ2) is 18.9. The smallest absolute Gasteiger partial charge is 0.285 e.